The van der Waals surface area contributed by atoms with Crippen LogP contribution in [0.3, 0.4) is 0 Å². The second kappa shape index (κ2) is 4.32. The van der Waals surface area contributed by atoms with Crippen LogP contribution in [0.25, 0.3) is 0 Å². The van der Waals surface area contributed by atoms with Crippen LogP contribution in [0.15, 0.2) is 24.3 Å². The molecule has 0 N–H and O–H groups in total. The average Bonchev–Trinajstić information content (AvgIpc) is 2.18. The van der Waals surface area contributed by atoms with Gasteiger partial charge in [0.1, 0.15) is 6.11 Å². The summed E-state index contributed by atoms with van der Waals surface area (Å²) in [5.41, 5.74) is 0.544. The summed E-state index contributed by atoms with van der Waals surface area (Å²) in [5.74, 6) is 0.489. The van der Waals surface area contributed by atoms with Gasteiger partial charge in [0.05, 0.1) is 5.56 Å². The van der Waals surface area contributed by atoms with Crippen LogP contribution in [-0.4, -0.2) is 5.78 Å². The standard InChI is InChI=1S/C11H10O2/c1-3-10(12)9-7-5-6-8-11(9)13-4-2/h2,5-8H,3H2,1H3. The molecule has 0 aliphatic heterocycles. The van der Waals surface area contributed by atoms with Crippen molar-refractivity contribution < 1.29 is 9.53 Å². The highest BCUT2D eigenvalue weighted by molar-refractivity contribution is 5.98. The van der Waals surface area contributed by atoms with E-state index >= 15 is 0 Å². The number of carbonyl (C=O) groups excluding carboxylic acids is 1. The van der Waals surface area contributed by atoms with Crippen LogP contribution in [-0.2, 0) is 0 Å². The number of rotatable bonds is 3. The maximum Gasteiger partial charge on any atom is 0.166 e. The highest BCUT2D eigenvalue weighted by atomic mass is 16.5. The lowest BCUT2D eigenvalue weighted by Gasteiger charge is -2.03. The number of benzene rings is 1. The van der Waals surface area contributed by atoms with Gasteiger partial charge in [0.2, 0.25) is 0 Å². The van der Waals surface area contributed by atoms with Gasteiger partial charge in [0.15, 0.2) is 11.5 Å². The molecule has 0 heterocycles. The van der Waals surface area contributed by atoms with Crippen LogP contribution >= 0.6 is 0 Å². The first-order chi connectivity index (χ1) is 6.29. The SMILES string of the molecule is C#COc1ccccc1C(=O)CC. The molecule has 0 bridgehead atoms. The van der Waals surface area contributed by atoms with Gasteiger partial charge in [-0.1, -0.05) is 25.5 Å². The second-order valence-corrected chi connectivity index (χ2v) is 2.49. The molecule has 0 unspecified atom stereocenters. The summed E-state index contributed by atoms with van der Waals surface area (Å²) in [6.07, 6.45) is 7.49. The molecular weight excluding hydrogens is 164 g/mol. The Morgan fingerprint density at radius 3 is 2.85 bits per heavy atom. The lowest BCUT2D eigenvalue weighted by atomic mass is 10.1. The summed E-state index contributed by atoms with van der Waals surface area (Å²) in [6, 6.07) is 6.95. The molecule has 13 heavy (non-hydrogen) atoms. The maximum atomic E-state index is 11.4. The van der Waals surface area contributed by atoms with Crippen molar-refractivity contribution in [3.63, 3.8) is 0 Å². The number of terminal acetylenes is 1. The van der Waals surface area contributed by atoms with Crippen molar-refractivity contribution in [3.8, 4) is 18.3 Å². The first-order valence-electron chi connectivity index (χ1n) is 4.04. The Bertz CT molecular complexity index is 347. The first-order valence-corrected chi connectivity index (χ1v) is 4.04. The van der Waals surface area contributed by atoms with Crippen molar-refractivity contribution in [1.82, 2.24) is 0 Å². The number of ketones is 1. The molecule has 1 aromatic rings. The summed E-state index contributed by atoms with van der Waals surface area (Å²) in [7, 11) is 0. The molecule has 66 valence electrons. The Hall–Kier alpha value is -1.75. The van der Waals surface area contributed by atoms with Crippen molar-refractivity contribution in [2.24, 2.45) is 0 Å². The third kappa shape index (κ3) is 2.09. The van der Waals surface area contributed by atoms with Gasteiger partial charge in [-0.3, -0.25) is 4.79 Å². The molecule has 0 amide bonds. The van der Waals surface area contributed by atoms with E-state index in [1.165, 1.54) is 0 Å². The minimum absolute atomic E-state index is 0.0332. The summed E-state index contributed by atoms with van der Waals surface area (Å²) in [5, 5.41) is 0. The van der Waals surface area contributed by atoms with E-state index < -0.39 is 0 Å². The van der Waals surface area contributed by atoms with Gasteiger partial charge in [-0.25, -0.2) is 0 Å². The van der Waals surface area contributed by atoms with Gasteiger partial charge < -0.3 is 4.74 Å². The lowest BCUT2D eigenvalue weighted by molar-refractivity contribution is 0.0986. The Balaban J connectivity index is 3.05. The van der Waals surface area contributed by atoms with E-state index in [0.29, 0.717) is 17.7 Å². The van der Waals surface area contributed by atoms with E-state index in [0.717, 1.165) is 0 Å². The highest BCUT2D eigenvalue weighted by Gasteiger charge is 2.08. The summed E-state index contributed by atoms with van der Waals surface area (Å²) < 4.78 is 4.87. The Kier molecular flexibility index (Phi) is 3.10. The van der Waals surface area contributed by atoms with Crippen LogP contribution in [0.2, 0.25) is 0 Å². The number of hydrogen-bond acceptors (Lipinski definition) is 2. The number of Topliss-reactive ketones (excluding diaryl/α,β-unsaturated/α-hetero) is 1. The fourth-order valence-electron chi connectivity index (χ4n) is 1.04. The molecule has 0 atom stereocenters. The van der Waals surface area contributed by atoms with Gasteiger partial charge in [0, 0.05) is 6.42 Å². The Morgan fingerprint density at radius 2 is 2.23 bits per heavy atom. The minimum atomic E-state index is 0.0332. The van der Waals surface area contributed by atoms with Crippen LogP contribution in [0.1, 0.15) is 23.7 Å². The van der Waals surface area contributed by atoms with Crippen LogP contribution < -0.4 is 4.74 Å². The van der Waals surface area contributed by atoms with E-state index in [9.17, 15) is 4.79 Å². The first kappa shape index (κ1) is 9.34. The predicted molar refractivity (Wildman–Crippen MR) is 50.5 cm³/mol. The molecule has 0 spiro atoms. The number of hydrogen-bond donors (Lipinski definition) is 0. The topological polar surface area (TPSA) is 26.3 Å². The zero-order chi connectivity index (χ0) is 9.68. The molecule has 0 fully saturated rings. The Morgan fingerprint density at radius 1 is 1.54 bits per heavy atom. The summed E-state index contributed by atoms with van der Waals surface area (Å²) >= 11 is 0. The zero-order valence-electron chi connectivity index (χ0n) is 7.41. The van der Waals surface area contributed by atoms with E-state index in [1.807, 2.05) is 0 Å². The molecule has 0 radical (unpaired) electrons. The molecule has 1 rings (SSSR count). The monoisotopic (exact) mass is 174 g/mol. The van der Waals surface area contributed by atoms with E-state index in [4.69, 9.17) is 11.2 Å². The predicted octanol–water partition coefficient (Wildman–Crippen LogP) is 2.25. The molecule has 0 aliphatic rings. The molecular formula is C11H10O2. The number of para-hydroxylation sites is 1. The molecule has 1 aromatic carbocycles. The highest BCUT2D eigenvalue weighted by Crippen LogP contribution is 2.18. The molecule has 0 aliphatic carbocycles. The van der Waals surface area contributed by atoms with Crippen LogP contribution in [0, 0.1) is 12.5 Å². The van der Waals surface area contributed by atoms with Crippen molar-refractivity contribution >= 4 is 5.78 Å². The lowest BCUT2D eigenvalue weighted by Crippen LogP contribution is -1.99. The Labute approximate surface area is 77.5 Å². The quantitative estimate of drug-likeness (QED) is 0.519. The van der Waals surface area contributed by atoms with Crippen LogP contribution in [0.4, 0.5) is 0 Å². The van der Waals surface area contributed by atoms with E-state index in [1.54, 1.807) is 31.2 Å². The number of carbonyl (C=O) groups is 1. The summed E-state index contributed by atoms with van der Waals surface area (Å²) in [4.78, 5) is 11.4. The van der Waals surface area contributed by atoms with Crippen molar-refractivity contribution in [2.75, 3.05) is 0 Å². The molecule has 2 heteroatoms. The second-order valence-electron chi connectivity index (χ2n) is 2.49. The maximum absolute atomic E-state index is 11.4. The smallest absolute Gasteiger partial charge is 0.166 e. The molecule has 0 saturated carbocycles. The van der Waals surface area contributed by atoms with Crippen molar-refractivity contribution in [3.05, 3.63) is 29.8 Å². The van der Waals surface area contributed by atoms with E-state index in [-0.39, 0.29) is 5.78 Å². The van der Waals surface area contributed by atoms with Gasteiger partial charge in [-0.05, 0) is 12.1 Å². The van der Waals surface area contributed by atoms with Crippen molar-refractivity contribution in [2.45, 2.75) is 13.3 Å². The number of ether oxygens (including phenoxy) is 1. The van der Waals surface area contributed by atoms with Crippen LogP contribution in [0.5, 0.6) is 5.75 Å². The summed E-state index contributed by atoms with van der Waals surface area (Å²) in [6.45, 7) is 1.80. The molecule has 0 saturated heterocycles. The van der Waals surface area contributed by atoms with Gasteiger partial charge in [-0.15, -0.1) is 0 Å². The minimum Gasteiger partial charge on any atom is -0.407 e. The largest absolute Gasteiger partial charge is 0.407 e. The molecule has 2 nitrogen and oxygen atoms in total. The van der Waals surface area contributed by atoms with E-state index in [2.05, 4.69) is 6.11 Å². The normalized spacial score (nSPS) is 8.92. The fraction of sp³-hybridized carbons (Fsp3) is 0.182. The van der Waals surface area contributed by atoms with Gasteiger partial charge in [0.25, 0.3) is 0 Å². The third-order valence-corrected chi connectivity index (χ3v) is 1.68. The third-order valence-electron chi connectivity index (χ3n) is 1.68. The van der Waals surface area contributed by atoms with Gasteiger partial charge in [-0.2, -0.15) is 0 Å². The zero-order valence-corrected chi connectivity index (χ0v) is 7.41. The molecule has 0 aromatic heterocycles. The average molecular weight is 174 g/mol. The van der Waals surface area contributed by atoms with Crippen molar-refractivity contribution in [1.29, 1.82) is 0 Å². The fourth-order valence-corrected chi connectivity index (χ4v) is 1.04. The van der Waals surface area contributed by atoms with Gasteiger partial charge >= 0.3 is 0 Å².